The lowest BCUT2D eigenvalue weighted by molar-refractivity contribution is -0.168. The van der Waals surface area contributed by atoms with Crippen molar-refractivity contribution in [2.24, 2.45) is 16.3 Å². The highest BCUT2D eigenvalue weighted by atomic mass is 35.5. The predicted molar refractivity (Wildman–Crippen MR) is 117 cm³/mol. The lowest BCUT2D eigenvalue weighted by Crippen LogP contribution is -2.53. The lowest BCUT2D eigenvalue weighted by atomic mass is 9.67. The molecule has 0 bridgehead atoms. The average molecular weight is 442 g/mol. The van der Waals surface area contributed by atoms with Gasteiger partial charge in [-0.2, -0.15) is 0 Å². The quantitative estimate of drug-likeness (QED) is 0.359. The van der Waals surface area contributed by atoms with Crippen molar-refractivity contribution in [3.63, 3.8) is 0 Å². The molecule has 2 aromatic rings. The van der Waals surface area contributed by atoms with Crippen molar-refractivity contribution in [1.29, 1.82) is 0 Å². The summed E-state index contributed by atoms with van der Waals surface area (Å²) in [6, 6.07) is 14.6. The number of carbonyl (C=O) groups is 3. The van der Waals surface area contributed by atoms with Crippen LogP contribution in [0.3, 0.4) is 0 Å². The van der Waals surface area contributed by atoms with Gasteiger partial charge in [-0.3, -0.25) is 19.4 Å². The van der Waals surface area contributed by atoms with Crippen LogP contribution in [0.15, 0.2) is 59.6 Å². The highest BCUT2D eigenvalue weighted by Crippen LogP contribution is 2.50. The first kappa shape index (κ1) is 22.7. The molecule has 0 N–H and O–H groups in total. The van der Waals surface area contributed by atoms with Crippen molar-refractivity contribution in [3.05, 3.63) is 70.7 Å². The normalized spacial score (nSPS) is 19.4. The molecule has 1 heterocycles. The number of aliphatic imine (C=N–C) groups is 1. The van der Waals surface area contributed by atoms with E-state index in [1.807, 2.05) is 0 Å². The van der Waals surface area contributed by atoms with E-state index in [-0.39, 0.29) is 24.7 Å². The van der Waals surface area contributed by atoms with Gasteiger partial charge in [-0.1, -0.05) is 54.1 Å². The van der Waals surface area contributed by atoms with Crippen molar-refractivity contribution in [3.8, 4) is 0 Å². The third-order valence-electron chi connectivity index (χ3n) is 5.43. The minimum Gasteiger partial charge on any atom is -0.465 e. The van der Waals surface area contributed by atoms with Crippen LogP contribution in [0.5, 0.6) is 0 Å². The standard InChI is InChI=1S/C24H24ClNO5/c1-4-30-22(28)24(23(29)31-5-2)15(3)26-20(16-11-13-18(25)14-12-16)19(24)21(27)17-9-7-6-8-10-17/h6-14,19-20H,4-5H2,1-3H3/t19-,20-/m0/s1. The number of hydrogen-bond donors (Lipinski definition) is 0. The Labute approximate surface area is 186 Å². The van der Waals surface area contributed by atoms with Gasteiger partial charge < -0.3 is 9.47 Å². The number of Topliss-reactive ketones (excluding diaryl/α,β-unsaturated/α-hetero) is 1. The van der Waals surface area contributed by atoms with E-state index in [1.54, 1.807) is 75.4 Å². The zero-order valence-electron chi connectivity index (χ0n) is 17.6. The second-order valence-corrected chi connectivity index (χ2v) is 7.60. The summed E-state index contributed by atoms with van der Waals surface area (Å²) in [7, 11) is 0. The van der Waals surface area contributed by atoms with E-state index in [1.165, 1.54) is 0 Å². The van der Waals surface area contributed by atoms with Crippen LogP contribution in [0.1, 0.15) is 42.7 Å². The van der Waals surface area contributed by atoms with Gasteiger partial charge in [0, 0.05) is 16.3 Å². The maximum atomic E-state index is 13.8. The van der Waals surface area contributed by atoms with Crippen LogP contribution in [0.2, 0.25) is 5.02 Å². The first-order valence-corrected chi connectivity index (χ1v) is 10.5. The van der Waals surface area contributed by atoms with Crippen LogP contribution >= 0.6 is 11.6 Å². The minimum absolute atomic E-state index is 0.0468. The minimum atomic E-state index is -1.97. The third kappa shape index (κ3) is 4.00. The van der Waals surface area contributed by atoms with Crippen molar-refractivity contribution < 1.29 is 23.9 Å². The maximum absolute atomic E-state index is 13.8. The number of ketones is 1. The molecule has 162 valence electrons. The van der Waals surface area contributed by atoms with Gasteiger partial charge in [0.15, 0.2) is 5.78 Å². The topological polar surface area (TPSA) is 82.0 Å². The number of hydrogen-bond acceptors (Lipinski definition) is 6. The molecule has 0 unspecified atom stereocenters. The van der Waals surface area contributed by atoms with Gasteiger partial charge in [0.2, 0.25) is 5.41 Å². The van der Waals surface area contributed by atoms with E-state index < -0.39 is 29.3 Å². The first-order valence-electron chi connectivity index (χ1n) is 10.1. The molecule has 0 aliphatic carbocycles. The van der Waals surface area contributed by atoms with E-state index in [0.717, 1.165) is 0 Å². The Hall–Kier alpha value is -2.99. The average Bonchev–Trinajstić information content (AvgIpc) is 3.08. The molecule has 1 aliphatic rings. The van der Waals surface area contributed by atoms with Crippen molar-refractivity contribution in [1.82, 2.24) is 0 Å². The molecule has 0 radical (unpaired) electrons. The zero-order valence-corrected chi connectivity index (χ0v) is 18.4. The van der Waals surface area contributed by atoms with Gasteiger partial charge in [-0.15, -0.1) is 0 Å². The highest BCUT2D eigenvalue weighted by molar-refractivity contribution is 6.30. The Bertz CT molecular complexity index is 982. The second kappa shape index (κ2) is 9.43. The van der Waals surface area contributed by atoms with E-state index >= 15 is 0 Å². The summed E-state index contributed by atoms with van der Waals surface area (Å²) in [6.07, 6.45) is 0. The fraction of sp³-hybridized carbons (Fsp3) is 0.333. The highest BCUT2D eigenvalue weighted by Gasteiger charge is 2.65. The number of ether oxygens (including phenoxy) is 2. The van der Waals surface area contributed by atoms with Crippen molar-refractivity contribution in [2.75, 3.05) is 13.2 Å². The third-order valence-corrected chi connectivity index (χ3v) is 5.68. The van der Waals surface area contributed by atoms with E-state index in [0.29, 0.717) is 16.1 Å². The fourth-order valence-corrected chi connectivity index (χ4v) is 4.14. The molecule has 0 saturated carbocycles. The van der Waals surface area contributed by atoms with Crippen LogP contribution in [0.4, 0.5) is 0 Å². The molecule has 6 nitrogen and oxygen atoms in total. The number of benzene rings is 2. The van der Waals surface area contributed by atoms with Crippen LogP contribution in [-0.4, -0.2) is 36.6 Å². The molecule has 0 amide bonds. The van der Waals surface area contributed by atoms with Gasteiger partial charge in [-0.25, -0.2) is 0 Å². The number of rotatable bonds is 7. The number of nitrogens with zero attached hydrogens (tertiary/aromatic N) is 1. The Balaban J connectivity index is 2.24. The molecule has 3 rings (SSSR count). The van der Waals surface area contributed by atoms with Gasteiger partial charge >= 0.3 is 11.9 Å². The van der Waals surface area contributed by atoms with E-state index in [2.05, 4.69) is 4.99 Å². The predicted octanol–water partition coefficient (Wildman–Crippen LogP) is 4.47. The summed E-state index contributed by atoms with van der Waals surface area (Å²) in [5, 5.41) is 0.524. The van der Waals surface area contributed by atoms with Crippen molar-refractivity contribution >= 4 is 35.0 Å². The molecule has 1 aliphatic heterocycles. The van der Waals surface area contributed by atoms with Gasteiger partial charge in [0.1, 0.15) is 0 Å². The summed E-state index contributed by atoms with van der Waals surface area (Å²) in [5.74, 6) is -3.21. The molecule has 0 saturated heterocycles. The second-order valence-electron chi connectivity index (χ2n) is 7.17. The molecule has 0 aromatic heterocycles. The molecular formula is C24H24ClNO5. The summed E-state index contributed by atoms with van der Waals surface area (Å²) in [5.41, 5.74) is -0.745. The fourth-order valence-electron chi connectivity index (χ4n) is 4.02. The van der Waals surface area contributed by atoms with Gasteiger partial charge in [0.25, 0.3) is 0 Å². The lowest BCUT2D eigenvalue weighted by Gasteiger charge is -2.32. The Morgan fingerprint density at radius 3 is 2.00 bits per heavy atom. The SMILES string of the molecule is CCOC(=O)C1(C(=O)OCC)C(C)=N[C@@H](c2ccc(Cl)cc2)[C@H]1C(=O)c1ccccc1. The summed E-state index contributed by atoms with van der Waals surface area (Å²) in [6.45, 7) is 4.94. The molecule has 31 heavy (non-hydrogen) atoms. The van der Waals surface area contributed by atoms with Crippen LogP contribution in [0, 0.1) is 11.3 Å². The Morgan fingerprint density at radius 2 is 1.48 bits per heavy atom. The summed E-state index contributed by atoms with van der Waals surface area (Å²) in [4.78, 5) is 45.0. The summed E-state index contributed by atoms with van der Waals surface area (Å²) < 4.78 is 10.6. The molecular weight excluding hydrogens is 418 g/mol. The Morgan fingerprint density at radius 1 is 0.935 bits per heavy atom. The smallest absolute Gasteiger partial charge is 0.330 e. The molecule has 0 fully saturated rings. The maximum Gasteiger partial charge on any atom is 0.330 e. The summed E-state index contributed by atoms with van der Waals surface area (Å²) >= 11 is 6.03. The van der Waals surface area contributed by atoms with Crippen LogP contribution in [-0.2, 0) is 19.1 Å². The molecule has 2 atom stereocenters. The molecule has 2 aromatic carbocycles. The van der Waals surface area contributed by atoms with Gasteiger partial charge in [0.05, 0.1) is 25.2 Å². The Kier molecular flexibility index (Phi) is 6.91. The van der Waals surface area contributed by atoms with Crippen molar-refractivity contribution in [2.45, 2.75) is 26.8 Å². The monoisotopic (exact) mass is 441 g/mol. The molecule has 0 spiro atoms. The first-order chi connectivity index (χ1) is 14.9. The van der Waals surface area contributed by atoms with Crippen LogP contribution in [0.25, 0.3) is 0 Å². The number of carbonyl (C=O) groups excluding carboxylic acids is 3. The largest absolute Gasteiger partial charge is 0.465 e. The number of halogens is 1. The zero-order chi connectivity index (χ0) is 22.6. The van der Waals surface area contributed by atoms with E-state index in [9.17, 15) is 14.4 Å². The van der Waals surface area contributed by atoms with Gasteiger partial charge in [-0.05, 0) is 38.5 Å². The van der Waals surface area contributed by atoms with Crippen LogP contribution < -0.4 is 0 Å². The molecule has 7 heteroatoms. The number of esters is 2. The van der Waals surface area contributed by atoms with E-state index in [4.69, 9.17) is 21.1 Å².